The molecule has 0 bridgehead atoms. The number of hydrogen-bond acceptors (Lipinski definition) is 32. The number of benzene rings is 1. The monoisotopic (exact) mass is 1400 g/mol. The van der Waals surface area contributed by atoms with E-state index in [1.165, 1.54) is 0 Å². The van der Waals surface area contributed by atoms with Crippen molar-refractivity contribution in [2.75, 3.05) is 40.6 Å². The van der Waals surface area contributed by atoms with Gasteiger partial charge in [-0.05, 0) is 11.6 Å². The Balaban J connectivity index is 2.15. The molecule has 3 fully saturated rings. The normalized spacial score (nSPS) is 27.2. The first kappa shape index (κ1) is 80.1. The molecule has 534 valence electrons. The highest BCUT2D eigenvalue weighted by Gasteiger charge is 2.64. The largest absolute Gasteiger partial charge is 0.465 e. The summed E-state index contributed by atoms with van der Waals surface area (Å²) >= 11 is 0. The molecule has 0 saturated carbocycles. The first-order valence-corrected chi connectivity index (χ1v) is 34.6. The van der Waals surface area contributed by atoms with Crippen molar-refractivity contribution in [3.05, 3.63) is 35.9 Å². The first-order valence-electron chi connectivity index (χ1n) is 29.5. The fourth-order valence-corrected chi connectivity index (χ4v) is 11.7. The predicted molar refractivity (Wildman–Crippen MR) is 315 cm³/mol. The smallest absolute Gasteiger partial charge is 0.397 e. The minimum Gasteiger partial charge on any atom is -0.465 e. The van der Waals surface area contributed by atoms with Gasteiger partial charge < -0.3 is 91.2 Å². The molecule has 0 unspecified atom stereocenters. The van der Waals surface area contributed by atoms with Gasteiger partial charge in [0.05, 0.1) is 59.0 Å². The lowest BCUT2D eigenvalue weighted by Gasteiger charge is -2.51. The number of amides is 2. The highest BCUT2D eigenvalue weighted by Crippen LogP contribution is 2.43. The molecule has 1 aromatic carbocycles. The summed E-state index contributed by atoms with van der Waals surface area (Å²) in [7, 11) is -5.90. The van der Waals surface area contributed by atoms with Crippen LogP contribution in [0.4, 0.5) is 0 Å². The molecule has 3 heterocycles. The van der Waals surface area contributed by atoms with Crippen LogP contribution in [0, 0.1) is 0 Å². The summed E-state index contributed by atoms with van der Waals surface area (Å²) < 4.78 is 141. The van der Waals surface area contributed by atoms with Crippen LogP contribution in [0.15, 0.2) is 30.3 Å². The molecular weight excluding hydrogens is 1310 g/mol. The molecule has 0 spiro atoms. The minimum absolute atomic E-state index is 0.0207. The summed E-state index contributed by atoms with van der Waals surface area (Å²) in [5.74, 6) is -20.0. The molecule has 3 aliphatic rings. The first-order chi connectivity index (χ1) is 44.2. The number of ether oxygens (including phenoxy) is 17. The molecule has 17 atom stereocenters. The molecule has 37 heteroatoms. The van der Waals surface area contributed by atoms with Crippen LogP contribution in [0.2, 0.25) is 25.7 Å². The van der Waals surface area contributed by atoms with E-state index in [0.717, 1.165) is 83.5 Å². The fraction of sp³-hybridized carbons (Fsp3) is 0.690. The lowest BCUT2D eigenvalue weighted by atomic mass is 9.86. The van der Waals surface area contributed by atoms with Gasteiger partial charge in [-0.3, -0.25) is 52.5 Å². The van der Waals surface area contributed by atoms with Crippen LogP contribution in [0.5, 0.6) is 0 Å². The second-order valence-corrected chi connectivity index (χ2v) is 29.9. The average molecular weight is 1400 g/mol. The molecule has 3 saturated heterocycles. The maximum atomic E-state index is 15.0. The SMILES string of the molecule is COC(=O)[C@@]1(O[C@H](COCc2ccccc2)[C@@H](OC(C)=O)[C@@H]2O[C@@](OC[C@H]3O[C@@H](OCC[Si](C)(C)C)[C@H](OC(C)=O)[C@@H](OC(C)=O)[C@@H]3OC(C)=O)(C(=O)OC)C[C@H](OC(C)=O)[C@H]2NC(C)=O)C[C@H](OC(C)=O)[C@@H](NC(C)=O)[C@H]([C@H](OC(C)=O)[C@@H](COC(C)=O)OS(=O)(=O)O)O1. The van der Waals surface area contributed by atoms with Crippen LogP contribution in [0.25, 0.3) is 0 Å². The van der Waals surface area contributed by atoms with Gasteiger partial charge in [-0.2, -0.15) is 8.42 Å². The van der Waals surface area contributed by atoms with Gasteiger partial charge in [0.1, 0.15) is 43.2 Å². The Bertz CT molecular complexity index is 3000. The Morgan fingerprint density at radius 2 is 1.06 bits per heavy atom. The highest BCUT2D eigenvalue weighted by atomic mass is 32.3. The number of hydrogen-bond donors (Lipinski definition) is 3. The zero-order valence-corrected chi connectivity index (χ0v) is 56.9. The molecule has 1 aromatic rings. The summed E-state index contributed by atoms with van der Waals surface area (Å²) in [5.41, 5.74) is 0.468. The van der Waals surface area contributed by atoms with Crippen molar-refractivity contribution in [3.8, 4) is 0 Å². The molecule has 3 aliphatic heterocycles. The van der Waals surface area contributed by atoms with E-state index in [0.29, 0.717) is 11.6 Å². The lowest BCUT2D eigenvalue weighted by molar-refractivity contribution is -0.354. The van der Waals surface area contributed by atoms with Crippen LogP contribution in [0.3, 0.4) is 0 Å². The Kier molecular flexibility index (Phi) is 30.0. The quantitative estimate of drug-likeness (QED) is 0.0377. The minimum atomic E-state index is -5.67. The van der Waals surface area contributed by atoms with E-state index in [-0.39, 0.29) is 13.2 Å². The van der Waals surface area contributed by atoms with Gasteiger partial charge >= 0.3 is 70.1 Å². The van der Waals surface area contributed by atoms with E-state index in [4.69, 9.17) is 84.7 Å². The Hall–Kier alpha value is -7.33. The Labute approximate surface area is 548 Å². The average Bonchev–Trinajstić information content (AvgIpc) is 0.753. The topological polar surface area (TPSA) is 449 Å². The molecule has 4 rings (SSSR count). The molecule has 35 nitrogen and oxygen atoms in total. The number of carbonyl (C=O) groups excluding carboxylic acids is 12. The third-order valence-corrected chi connectivity index (χ3v) is 16.2. The standard InChI is InChI=1S/C58H84N2O33SSi/c1-29(61)59-45-40(82-32(4)64)23-57(55(71)76-11,81-28-42-47(84-34(6)66)52(87-37(9)69)53(88-38(10)70)54(89-42)79-21-22-95(13,14)15)91-50(45)48(85-35(7)67)43(26-78-25-39-19-17-16-18-20-39)90-58(56(72)77-12)24-41(83-33(5)65)46(60-30(2)62)51(92-58)49(86-36(8)68)44(27-80-31(3)63)93-94(73,74)75/h16-20,40-54H,21-28H2,1-15H3,(H,59,61)(H,60,62)(H,73,74,75)/t40-,41-,42+,43+,44+,45+,46+,47+,48+,49+,50+,51+,52-,53+,54+,57+,58+/m0/s1. The number of nitrogens with one attached hydrogen (secondary N) is 2. The Morgan fingerprint density at radius 3 is 1.52 bits per heavy atom. The van der Waals surface area contributed by atoms with Crippen molar-refractivity contribution < 1.29 is 155 Å². The van der Waals surface area contributed by atoms with Crippen LogP contribution in [0.1, 0.15) is 87.6 Å². The van der Waals surface area contributed by atoms with Crippen LogP contribution in [-0.4, -0.2) is 236 Å². The third-order valence-electron chi connectivity index (χ3n) is 14.0. The van der Waals surface area contributed by atoms with Gasteiger partial charge in [0.15, 0.2) is 42.9 Å². The maximum Gasteiger partial charge on any atom is 0.397 e. The van der Waals surface area contributed by atoms with Crippen LogP contribution in [-0.2, 0) is 159 Å². The van der Waals surface area contributed by atoms with Crippen LogP contribution >= 0.6 is 0 Å². The zero-order valence-electron chi connectivity index (χ0n) is 55.1. The zero-order chi connectivity index (χ0) is 71.5. The molecule has 0 aliphatic carbocycles. The van der Waals surface area contributed by atoms with E-state index in [1.807, 2.05) is 19.6 Å². The van der Waals surface area contributed by atoms with Crippen molar-refractivity contribution in [2.24, 2.45) is 0 Å². The summed E-state index contributed by atoms with van der Waals surface area (Å²) in [6, 6.07) is 4.94. The van der Waals surface area contributed by atoms with Crippen molar-refractivity contribution in [1.82, 2.24) is 10.6 Å². The summed E-state index contributed by atoms with van der Waals surface area (Å²) in [5, 5.41) is 5.00. The molecule has 95 heavy (non-hydrogen) atoms. The van der Waals surface area contributed by atoms with Gasteiger partial charge in [0.25, 0.3) is 11.6 Å². The van der Waals surface area contributed by atoms with Gasteiger partial charge in [-0.15, -0.1) is 0 Å². The van der Waals surface area contributed by atoms with Crippen molar-refractivity contribution >= 4 is 90.0 Å². The second kappa shape index (κ2) is 35.6. The van der Waals surface area contributed by atoms with Crippen molar-refractivity contribution in [1.29, 1.82) is 0 Å². The van der Waals surface area contributed by atoms with E-state index in [9.17, 15) is 65.7 Å². The third kappa shape index (κ3) is 24.7. The van der Waals surface area contributed by atoms with Crippen molar-refractivity contribution in [2.45, 2.75) is 218 Å². The number of carbonyl (C=O) groups is 12. The van der Waals surface area contributed by atoms with E-state index in [2.05, 4.69) is 10.6 Å². The fourth-order valence-electron chi connectivity index (χ4n) is 10.5. The highest BCUT2D eigenvalue weighted by molar-refractivity contribution is 7.80. The molecule has 0 radical (unpaired) electrons. The number of methoxy groups -OCH3 is 2. The number of esters is 10. The van der Waals surface area contributed by atoms with Gasteiger partial charge in [-0.25, -0.2) is 13.8 Å². The van der Waals surface area contributed by atoms with E-state index >= 15 is 4.79 Å². The van der Waals surface area contributed by atoms with Gasteiger partial charge in [0.2, 0.25) is 11.8 Å². The summed E-state index contributed by atoms with van der Waals surface area (Å²) in [4.78, 5) is 161. The van der Waals surface area contributed by atoms with E-state index < -0.39 is 226 Å². The lowest BCUT2D eigenvalue weighted by Crippen LogP contribution is -2.72. The van der Waals surface area contributed by atoms with Gasteiger partial charge in [0, 0.05) is 83.9 Å². The van der Waals surface area contributed by atoms with Crippen LogP contribution < -0.4 is 10.6 Å². The van der Waals surface area contributed by atoms with E-state index in [1.54, 1.807) is 30.3 Å². The predicted octanol–water partition coefficient (Wildman–Crippen LogP) is 0.284. The molecule has 2 amide bonds. The Morgan fingerprint density at radius 1 is 0.600 bits per heavy atom. The molecule has 3 N–H and O–H groups in total. The van der Waals surface area contributed by atoms with Gasteiger partial charge in [-0.1, -0.05) is 50.0 Å². The molecular formula is C58H84N2O33SSi. The summed E-state index contributed by atoms with van der Waals surface area (Å²) in [6.07, 6.45) is -28.4. The number of rotatable bonds is 32. The van der Waals surface area contributed by atoms with Crippen molar-refractivity contribution in [3.63, 3.8) is 0 Å². The second-order valence-electron chi connectivity index (χ2n) is 23.2. The molecule has 0 aromatic heterocycles. The summed E-state index contributed by atoms with van der Waals surface area (Å²) in [6.45, 7) is 11.9. The maximum absolute atomic E-state index is 15.0.